The maximum atomic E-state index is 10.4. The average molecular weight is 773 g/mol. The fraction of sp³-hybridized carbons (Fsp3) is 0.250. The van der Waals surface area contributed by atoms with E-state index in [9.17, 15) is 35.7 Å². The molecule has 0 aliphatic heterocycles. The van der Waals surface area contributed by atoms with Crippen molar-refractivity contribution < 1.29 is 98.1 Å². The molecule has 4 aromatic rings. The number of rotatable bonds is 8. The predicted molar refractivity (Wildman–Crippen MR) is 165 cm³/mol. The molecule has 21 heteroatoms. The van der Waals surface area contributed by atoms with Gasteiger partial charge in [0, 0.05) is 28.5 Å². The summed E-state index contributed by atoms with van der Waals surface area (Å²) in [6.45, 7) is 0. The molecule has 288 valence electrons. The molecule has 0 radical (unpaired) electrons. The largest absolute Gasteiger partial charge is 2.00 e. The van der Waals surface area contributed by atoms with E-state index < -0.39 is 50.3 Å². The van der Waals surface area contributed by atoms with Crippen LogP contribution in [0.3, 0.4) is 0 Å². The summed E-state index contributed by atoms with van der Waals surface area (Å²) in [5.74, 6) is 0. The molecule has 0 fully saturated rings. The molecule has 4 aromatic carbocycles. The summed E-state index contributed by atoms with van der Waals surface area (Å²) in [6, 6.07) is 21.2. The zero-order valence-corrected chi connectivity index (χ0v) is 30.3. The summed E-state index contributed by atoms with van der Waals surface area (Å²) in [5, 5.41) is 150. The second-order valence-electron chi connectivity index (χ2n) is 9.51. The van der Waals surface area contributed by atoms with Gasteiger partial charge in [-0.25, -0.2) is 0 Å². The second kappa shape index (κ2) is 30.9. The molecule has 1 unspecified atom stereocenters. The van der Waals surface area contributed by atoms with E-state index in [1.165, 1.54) is 97.1 Å². The van der Waals surface area contributed by atoms with Gasteiger partial charge in [0.25, 0.3) is 0 Å². The maximum Gasteiger partial charge on any atom is 2.00 e. The predicted octanol–water partition coefficient (Wildman–Crippen LogP) is -7.10. The normalized spacial score (nSPS) is 10.6. The van der Waals surface area contributed by atoms with Crippen LogP contribution in [0.5, 0.6) is 0 Å². The molecule has 19 nitrogen and oxygen atoms in total. The molecule has 0 saturated heterocycles. The van der Waals surface area contributed by atoms with Crippen molar-refractivity contribution in [1.29, 1.82) is 0 Å². The molecule has 0 aliphatic carbocycles. The van der Waals surface area contributed by atoms with Crippen LogP contribution in [0.15, 0.2) is 97.1 Å². The number of benzene rings is 4. The smallest absolute Gasteiger partial charge is 0.870 e. The number of aliphatic hydroxyl groups excluding tert-OH is 5. The monoisotopic (exact) mass is 772 g/mol. The van der Waals surface area contributed by atoms with Crippen LogP contribution in [0.25, 0.3) is 0 Å². The van der Waals surface area contributed by atoms with Crippen molar-refractivity contribution in [3.8, 4) is 0 Å². The quantitative estimate of drug-likeness (QED) is 0.0593. The Balaban J connectivity index is -0.000000187. The van der Waals surface area contributed by atoms with Crippen molar-refractivity contribution in [2.45, 2.75) is 50.3 Å². The molecule has 0 aromatic heterocycles. The molecule has 0 spiro atoms. The summed E-state index contributed by atoms with van der Waals surface area (Å²) in [7, 11) is 0. The topological polar surface area (TPSA) is 433 Å². The molecule has 0 saturated carbocycles. The third kappa shape index (κ3) is 23.2. The van der Waals surface area contributed by atoms with Gasteiger partial charge >= 0.3 is 46.1 Å². The van der Waals surface area contributed by atoms with Crippen LogP contribution in [-0.2, 0) is 0 Å². The van der Waals surface area contributed by atoms with E-state index >= 15 is 0 Å². The Labute approximate surface area is 334 Å². The minimum atomic E-state index is -2.02. The van der Waals surface area contributed by atoms with Gasteiger partial charge in [0.1, 0.15) is 0 Å². The van der Waals surface area contributed by atoms with Crippen LogP contribution in [-0.4, -0.2) is 108 Å². The summed E-state index contributed by atoms with van der Waals surface area (Å²) in [4.78, 5) is 0. The first kappa shape index (κ1) is 59.9. The summed E-state index contributed by atoms with van der Waals surface area (Å²) in [6.07, 6.45) is -14.0. The molecule has 0 heterocycles. The third-order valence-electron chi connectivity index (χ3n) is 6.04. The first-order chi connectivity index (χ1) is 22.4. The van der Waals surface area contributed by atoms with Gasteiger partial charge in [-0.1, -0.05) is 114 Å². The average Bonchev–Trinajstić information content (AvgIpc) is 3.05. The summed E-state index contributed by atoms with van der Waals surface area (Å²) in [5.41, 5.74) is 1.58. The van der Waals surface area contributed by atoms with Crippen molar-refractivity contribution >= 4 is 46.1 Å². The van der Waals surface area contributed by atoms with Gasteiger partial charge in [0.05, 0.1) is 0 Å². The molecule has 12 N–H and O–H groups in total. The Hall–Kier alpha value is -2.35. The fourth-order valence-electron chi connectivity index (χ4n) is 3.31. The first-order valence-electron chi connectivity index (χ1n) is 13.6. The Morgan fingerprint density at radius 1 is 0.264 bits per heavy atom. The van der Waals surface area contributed by atoms with Crippen molar-refractivity contribution in [1.82, 2.24) is 0 Å². The van der Waals surface area contributed by atoms with Crippen LogP contribution in [0.4, 0.5) is 0 Å². The van der Waals surface area contributed by atoms with Gasteiger partial charge in [-0.15, -0.1) is 0 Å². The molecule has 1 atom stereocenters. The molecule has 4 rings (SSSR count). The van der Waals surface area contributed by atoms with Crippen molar-refractivity contribution in [3.05, 3.63) is 142 Å². The van der Waals surface area contributed by atoms with E-state index in [1.807, 2.05) is 0 Å². The van der Waals surface area contributed by atoms with Gasteiger partial charge in [-0.05, 0) is 5.56 Å². The van der Waals surface area contributed by atoms with Crippen molar-refractivity contribution in [2.24, 2.45) is 0 Å². The standard InChI is InChI=1S/C8H9O4.3C8H8O4.2Mg.3H2O/c4*9-7(10)5-1-2-6(4-3-5)8(11)12;;;;;/h1-4,7-11H;3*1-4,7-10H;;;3*1H2/q-1;3*-2;2*+2;;;/p-3. The third-order valence-corrected chi connectivity index (χ3v) is 6.04. The van der Waals surface area contributed by atoms with E-state index in [1.54, 1.807) is 0 Å². The van der Waals surface area contributed by atoms with Crippen LogP contribution in [0.1, 0.15) is 94.8 Å². The van der Waals surface area contributed by atoms with Gasteiger partial charge in [0.15, 0.2) is 25.2 Å². The SMILES string of the molecule is [Mg+2].[Mg+2].[O-]C(O)c1ccc(C(O)O)cc1.[O-]C([O-])c1ccc(C(O)O)cc1.[O-]C([O-])c1ccc(C(O)O)cc1.[O-]C([O-])c1ccc(C(O)O)cc1.[OH-].[OH-].[OH-]. The van der Waals surface area contributed by atoms with Crippen molar-refractivity contribution in [3.63, 3.8) is 0 Å². The molecule has 53 heavy (non-hydrogen) atoms. The van der Waals surface area contributed by atoms with Crippen molar-refractivity contribution in [2.75, 3.05) is 0 Å². The zero-order valence-electron chi connectivity index (χ0n) is 27.5. The van der Waals surface area contributed by atoms with E-state index in [0.717, 1.165) is 0 Å². The van der Waals surface area contributed by atoms with Gasteiger partial charge in [-0.3, -0.25) is 0 Å². The van der Waals surface area contributed by atoms with Crippen LogP contribution >= 0.6 is 0 Å². The van der Waals surface area contributed by atoms with Crippen LogP contribution in [0, 0.1) is 0 Å². The molecule has 0 aliphatic rings. The van der Waals surface area contributed by atoms with E-state index in [4.69, 9.17) is 46.0 Å². The minimum Gasteiger partial charge on any atom is -0.870 e. The van der Waals surface area contributed by atoms with E-state index in [2.05, 4.69) is 0 Å². The van der Waals surface area contributed by atoms with Gasteiger partial charge < -0.3 is 98.1 Å². The number of aliphatic hydroxyl groups is 9. The number of hydrogen-bond donors (Lipinski definition) is 9. The minimum absolute atomic E-state index is 0. The molecule has 0 amide bonds. The van der Waals surface area contributed by atoms with Gasteiger partial charge in [0.2, 0.25) is 0 Å². The summed E-state index contributed by atoms with van der Waals surface area (Å²) >= 11 is 0. The maximum absolute atomic E-state index is 10.4. The molecule has 0 bridgehead atoms. The second-order valence-corrected chi connectivity index (χ2v) is 9.51. The van der Waals surface area contributed by atoms with Gasteiger partial charge in [-0.2, -0.15) is 18.9 Å². The number of hydrogen-bond acceptors (Lipinski definition) is 19. The Kier molecular flexibility index (Phi) is 35.0. The molecular weight excluding hydrogens is 737 g/mol. The van der Waals surface area contributed by atoms with E-state index in [0.29, 0.717) is 5.56 Å². The molecular formula is C32H36Mg2O19-6. The fourth-order valence-corrected chi connectivity index (χ4v) is 3.31. The van der Waals surface area contributed by atoms with E-state index in [-0.39, 0.29) is 101 Å². The summed E-state index contributed by atoms with van der Waals surface area (Å²) < 4.78 is 0. The Morgan fingerprint density at radius 2 is 0.396 bits per heavy atom. The Morgan fingerprint density at radius 3 is 0.509 bits per heavy atom. The van der Waals surface area contributed by atoms with Crippen LogP contribution in [0.2, 0.25) is 0 Å². The Bertz CT molecular complexity index is 1090. The van der Waals surface area contributed by atoms with Crippen LogP contribution < -0.4 is 35.7 Å². The first-order valence-corrected chi connectivity index (χ1v) is 13.6. The zero-order chi connectivity index (χ0) is 36.6.